The predicted molar refractivity (Wildman–Crippen MR) is 133 cm³/mol. The molecule has 0 amide bonds. The number of thiazole rings is 1. The van der Waals surface area contributed by atoms with E-state index in [-0.39, 0.29) is 19.0 Å². The van der Waals surface area contributed by atoms with Crippen LogP contribution in [0, 0.1) is 0 Å². The highest BCUT2D eigenvalue weighted by Gasteiger charge is 2.34. The summed E-state index contributed by atoms with van der Waals surface area (Å²) in [6, 6.07) is 12.9. The van der Waals surface area contributed by atoms with Crippen LogP contribution in [0.15, 0.2) is 63.5 Å². The van der Waals surface area contributed by atoms with E-state index in [2.05, 4.69) is 31.0 Å². The molecule has 35 heavy (non-hydrogen) atoms. The Hall–Kier alpha value is -3.65. The summed E-state index contributed by atoms with van der Waals surface area (Å²) < 4.78 is 18.5. The molecular weight excluding hydrogens is 464 g/mol. The van der Waals surface area contributed by atoms with E-state index < -0.39 is 12.0 Å². The first-order valence-corrected chi connectivity index (χ1v) is 12.4. The second kappa shape index (κ2) is 9.19. The fourth-order valence-corrected chi connectivity index (χ4v) is 5.37. The number of esters is 1. The molecule has 180 valence electrons. The maximum atomic E-state index is 13.7. The van der Waals surface area contributed by atoms with Crippen LogP contribution in [0.1, 0.15) is 56.3 Å². The lowest BCUT2D eigenvalue weighted by molar-refractivity contribution is -0.139. The van der Waals surface area contributed by atoms with Gasteiger partial charge in [0.05, 0.1) is 28.5 Å². The van der Waals surface area contributed by atoms with Gasteiger partial charge >= 0.3 is 5.97 Å². The van der Waals surface area contributed by atoms with Gasteiger partial charge in [-0.15, -0.1) is 0 Å². The number of hydrogen-bond acceptors (Lipinski definition) is 7. The third-order valence-electron chi connectivity index (χ3n) is 6.13. The second-order valence-electron chi connectivity index (χ2n) is 8.74. The van der Waals surface area contributed by atoms with Gasteiger partial charge in [-0.25, -0.2) is 9.79 Å². The van der Waals surface area contributed by atoms with Crippen LogP contribution in [0.2, 0.25) is 0 Å². The fraction of sp³-hybridized carbons (Fsp3) is 0.296. The molecule has 2 aliphatic rings. The number of carbonyl (C=O) groups excluding carboxylic acids is 1. The summed E-state index contributed by atoms with van der Waals surface area (Å²) >= 11 is 1.31. The van der Waals surface area contributed by atoms with E-state index in [1.807, 2.05) is 30.3 Å². The van der Waals surface area contributed by atoms with Crippen molar-refractivity contribution in [1.29, 1.82) is 0 Å². The zero-order chi connectivity index (χ0) is 24.7. The number of ether oxygens (including phenoxy) is 3. The molecule has 2 aromatic carbocycles. The Kier molecular flexibility index (Phi) is 6.06. The molecule has 0 saturated heterocycles. The summed E-state index contributed by atoms with van der Waals surface area (Å²) in [5, 5.41) is 0. The Morgan fingerprint density at radius 2 is 1.94 bits per heavy atom. The highest BCUT2D eigenvalue weighted by Crippen LogP contribution is 2.38. The van der Waals surface area contributed by atoms with Gasteiger partial charge in [0.2, 0.25) is 6.79 Å². The third-order valence-corrected chi connectivity index (χ3v) is 7.11. The molecule has 3 heterocycles. The van der Waals surface area contributed by atoms with Gasteiger partial charge in [0.15, 0.2) is 16.3 Å². The molecule has 0 radical (unpaired) electrons. The molecule has 1 aromatic heterocycles. The average Bonchev–Trinajstić information content (AvgIpc) is 3.42. The molecule has 0 unspecified atom stereocenters. The number of carbonyl (C=O) groups is 1. The SMILES string of the molecule is CCOC(=O)C1=C(C)N=c2sc(=Cc3ccc(C(C)C)cc3)c(=O)n2[C@H]1c1ccc2c(c1)OCO2. The van der Waals surface area contributed by atoms with Crippen LogP contribution in [0.4, 0.5) is 0 Å². The highest BCUT2D eigenvalue weighted by atomic mass is 32.1. The van der Waals surface area contributed by atoms with Crippen molar-refractivity contribution in [3.05, 3.63) is 90.1 Å². The summed E-state index contributed by atoms with van der Waals surface area (Å²) in [4.78, 5) is 31.9. The van der Waals surface area contributed by atoms with E-state index in [1.165, 1.54) is 16.9 Å². The van der Waals surface area contributed by atoms with Crippen molar-refractivity contribution in [3.63, 3.8) is 0 Å². The van der Waals surface area contributed by atoms with Crippen LogP contribution >= 0.6 is 11.3 Å². The lowest BCUT2D eigenvalue weighted by Gasteiger charge is -2.24. The maximum absolute atomic E-state index is 13.7. The molecule has 5 rings (SSSR count). The first-order valence-electron chi connectivity index (χ1n) is 11.6. The van der Waals surface area contributed by atoms with Crippen LogP contribution in [-0.4, -0.2) is 23.9 Å². The first-order chi connectivity index (χ1) is 16.9. The monoisotopic (exact) mass is 490 g/mol. The minimum atomic E-state index is -0.690. The van der Waals surface area contributed by atoms with Crippen LogP contribution in [-0.2, 0) is 9.53 Å². The second-order valence-corrected chi connectivity index (χ2v) is 9.75. The molecule has 0 fully saturated rings. The quantitative estimate of drug-likeness (QED) is 0.510. The molecule has 1 atom stereocenters. The van der Waals surface area contributed by atoms with E-state index >= 15 is 0 Å². The van der Waals surface area contributed by atoms with Crippen LogP contribution in [0.25, 0.3) is 6.08 Å². The molecule has 8 heteroatoms. The molecule has 0 bridgehead atoms. The van der Waals surface area contributed by atoms with Crippen LogP contribution < -0.4 is 24.4 Å². The lowest BCUT2D eigenvalue weighted by atomic mass is 9.95. The molecule has 0 spiro atoms. The number of rotatable bonds is 5. The number of nitrogens with zero attached hydrogens (tertiary/aromatic N) is 2. The van der Waals surface area contributed by atoms with E-state index in [0.717, 1.165) is 11.1 Å². The third kappa shape index (κ3) is 4.18. The van der Waals surface area contributed by atoms with Crippen molar-refractivity contribution < 1.29 is 19.0 Å². The molecule has 3 aromatic rings. The molecular formula is C27H26N2O5S. The topological polar surface area (TPSA) is 79.1 Å². The van der Waals surface area contributed by atoms with Gasteiger partial charge in [-0.2, -0.15) is 0 Å². The van der Waals surface area contributed by atoms with Gasteiger partial charge in [0.1, 0.15) is 0 Å². The Morgan fingerprint density at radius 1 is 1.20 bits per heavy atom. The molecule has 0 aliphatic carbocycles. The molecule has 0 N–H and O–H groups in total. The van der Waals surface area contributed by atoms with Crippen molar-refractivity contribution in [2.24, 2.45) is 4.99 Å². The van der Waals surface area contributed by atoms with Crippen LogP contribution in [0.5, 0.6) is 11.5 Å². The number of aromatic nitrogens is 1. The number of hydrogen-bond donors (Lipinski definition) is 0. The minimum absolute atomic E-state index is 0.136. The van der Waals surface area contributed by atoms with Crippen molar-refractivity contribution in [1.82, 2.24) is 4.57 Å². The van der Waals surface area contributed by atoms with Gasteiger partial charge in [0, 0.05) is 0 Å². The Morgan fingerprint density at radius 3 is 2.66 bits per heavy atom. The van der Waals surface area contributed by atoms with E-state index in [1.54, 1.807) is 24.5 Å². The first kappa shape index (κ1) is 23.1. The average molecular weight is 491 g/mol. The maximum Gasteiger partial charge on any atom is 0.338 e. The number of fused-ring (bicyclic) bond motifs is 2. The Labute approximate surface area is 206 Å². The summed E-state index contributed by atoms with van der Waals surface area (Å²) in [5.74, 6) is 1.15. The summed E-state index contributed by atoms with van der Waals surface area (Å²) in [5.41, 5.74) is 3.55. The van der Waals surface area contributed by atoms with Crippen molar-refractivity contribution in [3.8, 4) is 11.5 Å². The summed E-state index contributed by atoms with van der Waals surface area (Å²) in [6.45, 7) is 8.17. The Balaban J connectivity index is 1.68. The number of allylic oxidation sites excluding steroid dienone is 1. The normalized spacial score (nSPS) is 16.9. The standard InChI is InChI=1S/C27H26N2O5S/c1-5-32-26(31)23-16(4)28-27-29(24(23)19-10-11-20-21(13-19)34-14-33-20)25(30)22(35-27)12-17-6-8-18(9-7-17)15(2)3/h6-13,15,24H,5,14H2,1-4H3/t24-/m0/s1. The van der Waals surface area contributed by atoms with E-state index in [4.69, 9.17) is 14.2 Å². The summed E-state index contributed by atoms with van der Waals surface area (Å²) in [7, 11) is 0. The highest BCUT2D eigenvalue weighted by molar-refractivity contribution is 7.07. The smallest absolute Gasteiger partial charge is 0.338 e. The predicted octanol–water partition coefficient (Wildman–Crippen LogP) is 3.65. The largest absolute Gasteiger partial charge is 0.463 e. The van der Waals surface area contributed by atoms with Gasteiger partial charge in [0.25, 0.3) is 5.56 Å². The number of benzene rings is 2. The molecule has 7 nitrogen and oxygen atoms in total. The van der Waals surface area contributed by atoms with Crippen molar-refractivity contribution in [2.45, 2.75) is 39.7 Å². The van der Waals surface area contributed by atoms with Gasteiger partial charge < -0.3 is 14.2 Å². The van der Waals surface area contributed by atoms with E-state index in [9.17, 15) is 9.59 Å². The summed E-state index contributed by atoms with van der Waals surface area (Å²) in [6.07, 6.45) is 1.87. The Bertz CT molecular complexity index is 1510. The van der Waals surface area contributed by atoms with E-state index in [0.29, 0.717) is 38.0 Å². The van der Waals surface area contributed by atoms with Crippen molar-refractivity contribution >= 4 is 23.4 Å². The van der Waals surface area contributed by atoms with Gasteiger partial charge in [-0.1, -0.05) is 55.5 Å². The minimum Gasteiger partial charge on any atom is -0.463 e. The lowest BCUT2D eigenvalue weighted by Crippen LogP contribution is -2.39. The zero-order valence-corrected chi connectivity index (χ0v) is 20.8. The van der Waals surface area contributed by atoms with Crippen molar-refractivity contribution in [2.75, 3.05) is 13.4 Å². The zero-order valence-electron chi connectivity index (χ0n) is 20.0. The fourth-order valence-electron chi connectivity index (χ4n) is 4.32. The van der Waals surface area contributed by atoms with Gasteiger partial charge in [-0.05, 0) is 54.7 Å². The van der Waals surface area contributed by atoms with Crippen LogP contribution in [0.3, 0.4) is 0 Å². The molecule has 2 aliphatic heterocycles. The molecule has 0 saturated carbocycles. The van der Waals surface area contributed by atoms with Gasteiger partial charge in [-0.3, -0.25) is 9.36 Å².